The van der Waals surface area contributed by atoms with Gasteiger partial charge in [0, 0.05) is 42.9 Å². The quantitative estimate of drug-likeness (QED) is 0.289. The third-order valence-corrected chi connectivity index (χ3v) is 7.07. The Bertz CT molecular complexity index is 1060. The minimum atomic E-state index is -0.00204. The maximum atomic E-state index is 13.2. The van der Waals surface area contributed by atoms with E-state index >= 15 is 0 Å². The number of methoxy groups -OCH3 is 2. The van der Waals surface area contributed by atoms with E-state index in [9.17, 15) is 4.79 Å². The molecule has 3 rings (SSSR count). The van der Waals surface area contributed by atoms with Crippen molar-refractivity contribution in [3.8, 4) is 27.7 Å². The monoisotopic (exact) mass is 483 g/mol. The largest absolute Gasteiger partial charge is 0.497 e. The number of thiazole rings is 1. The number of nitrogens with zero attached hydrogens (tertiary/aromatic N) is 2. The van der Waals surface area contributed by atoms with Crippen molar-refractivity contribution < 1.29 is 14.3 Å². The van der Waals surface area contributed by atoms with E-state index in [-0.39, 0.29) is 11.9 Å². The zero-order valence-corrected chi connectivity index (χ0v) is 21.8. The number of hydrogen-bond donors (Lipinski definition) is 1. The predicted octanol–water partition coefficient (Wildman–Crippen LogP) is 6.33. The fourth-order valence-electron chi connectivity index (χ4n) is 4.09. The van der Waals surface area contributed by atoms with Crippen LogP contribution in [-0.4, -0.2) is 42.3 Å². The number of amides is 1. The third kappa shape index (κ3) is 6.27. The molecule has 0 saturated heterocycles. The molecule has 1 unspecified atom stereocenters. The second-order valence-corrected chi connectivity index (χ2v) is 9.37. The van der Waals surface area contributed by atoms with E-state index in [1.54, 1.807) is 25.6 Å². The summed E-state index contributed by atoms with van der Waals surface area (Å²) in [6, 6.07) is 10.1. The summed E-state index contributed by atoms with van der Waals surface area (Å²) < 4.78 is 12.7. The van der Waals surface area contributed by atoms with Gasteiger partial charge in [-0.05, 0) is 56.5 Å². The molecule has 1 aromatic carbocycles. The fourth-order valence-corrected chi connectivity index (χ4v) is 4.91. The van der Waals surface area contributed by atoms with E-state index < -0.39 is 0 Å². The van der Waals surface area contributed by atoms with E-state index in [0.29, 0.717) is 6.61 Å². The Labute approximate surface area is 207 Å². The molecule has 0 spiro atoms. The minimum absolute atomic E-state index is 0.00204. The number of unbranched alkanes of at least 4 members (excludes halogenated alkanes) is 1. The van der Waals surface area contributed by atoms with Crippen molar-refractivity contribution in [1.29, 1.82) is 0 Å². The van der Waals surface area contributed by atoms with Crippen molar-refractivity contribution in [2.45, 2.75) is 65.5 Å². The van der Waals surface area contributed by atoms with E-state index in [1.165, 1.54) is 0 Å². The predicted molar refractivity (Wildman–Crippen MR) is 140 cm³/mol. The lowest BCUT2D eigenvalue weighted by molar-refractivity contribution is 0.0932. The van der Waals surface area contributed by atoms with Crippen molar-refractivity contribution in [3.63, 3.8) is 0 Å². The van der Waals surface area contributed by atoms with Crippen LogP contribution < -0.4 is 10.1 Å². The highest BCUT2D eigenvalue weighted by atomic mass is 32.1. The first-order chi connectivity index (χ1) is 16.5. The minimum Gasteiger partial charge on any atom is -0.497 e. The van der Waals surface area contributed by atoms with Gasteiger partial charge in [0.2, 0.25) is 0 Å². The molecular formula is C27H37N3O3S. The van der Waals surface area contributed by atoms with E-state index in [2.05, 4.69) is 29.1 Å². The highest BCUT2D eigenvalue weighted by molar-refractivity contribution is 7.13. The molecule has 7 heteroatoms. The second kappa shape index (κ2) is 12.7. The van der Waals surface area contributed by atoms with Gasteiger partial charge in [-0.1, -0.05) is 26.7 Å². The zero-order valence-electron chi connectivity index (χ0n) is 21.0. The molecular weight excluding hydrogens is 446 g/mol. The molecule has 0 aliphatic rings. The zero-order chi connectivity index (χ0) is 24.5. The normalized spacial score (nSPS) is 12.0. The van der Waals surface area contributed by atoms with Crippen LogP contribution in [0.2, 0.25) is 0 Å². The van der Waals surface area contributed by atoms with Crippen molar-refractivity contribution in [2.75, 3.05) is 20.8 Å². The van der Waals surface area contributed by atoms with Crippen LogP contribution in [0, 0.1) is 6.92 Å². The van der Waals surface area contributed by atoms with Crippen LogP contribution in [0.25, 0.3) is 22.0 Å². The van der Waals surface area contributed by atoms with Gasteiger partial charge in [-0.3, -0.25) is 4.79 Å². The van der Waals surface area contributed by atoms with Crippen molar-refractivity contribution >= 4 is 17.2 Å². The lowest BCUT2D eigenvalue weighted by atomic mass is 10.1. The molecule has 1 atom stereocenters. The van der Waals surface area contributed by atoms with Crippen molar-refractivity contribution in [2.24, 2.45) is 0 Å². The van der Waals surface area contributed by atoms with Crippen molar-refractivity contribution in [3.05, 3.63) is 47.0 Å². The lowest BCUT2D eigenvalue weighted by Gasteiger charge is -2.16. The molecule has 0 radical (unpaired) electrons. The summed E-state index contributed by atoms with van der Waals surface area (Å²) in [5.74, 6) is 0.820. The van der Waals surface area contributed by atoms with Gasteiger partial charge < -0.3 is 19.4 Å². The highest BCUT2D eigenvalue weighted by Crippen LogP contribution is 2.32. The number of hydrogen-bond acceptors (Lipinski definition) is 5. The van der Waals surface area contributed by atoms with Crippen molar-refractivity contribution in [1.82, 2.24) is 14.9 Å². The van der Waals surface area contributed by atoms with Crippen LogP contribution >= 0.6 is 11.3 Å². The molecule has 184 valence electrons. The molecule has 0 bridgehead atoms. The first-order valence-corrected chi connectivity index (χ1v) is 13.0. The number of nitrogens with one attached hydrogen (secondary N) is 1. The maximum Gasteiger partial charge on any atom is 0.253 e. The molecule has 2 heterocycles. The highest BCUT2D eigenvalue weighted by Gasteiger charge is 2.22. The number of aromatic nitrogens is 2. The summed E-state index contributed by atoms with van der Waals surface area (Å²) in [7, 11) is 3.38. The summed E-state index contributed by atoms with van der Waals surface area (Å²) in [5.41, 5.74) is 4.59. The average Bonchev–Trinajstić information content (AvgIpc) is 3.47. The van der Waals surface area contributed by atoms with Crippen LogP contribution in [0.1, 0.15) is 62.0 Å². The first kappa shape index (κ1) is 26.0. The first-order valence-electron chi connectivity index (χ1n) is 12.1. The Morgan fingerprint density at radius 1 is 1.18 bits per heavy atom. The smallest absolute Gasteiger partial charge is 0.253 e. The van der Waals surface area contributed by atoms with Crippen LogP contribution in [0.15, 0.2) is 35.7 Å². The van der Waals surface area contributed by atoms with E-state index in [0.717, 1.165) is 77.6 Å². The molecule has 1 amide bonds. The van der Waals surface area contributed by atoms with E-state index in [1.807, 2.05) is 37.3 Å². The average molecular weight is 484 g/mol. The summed E-state index contributed by atoms with van der Waals surface area (Å²) in [6.45, 7) is 7.77. The Morgan fingerprint density at radius 2 is 1.94 bits per heavy atom. The van der Waals surface area contributed by atoms with Gasteiger partial charge in [-0.15, -0.1) is 11.3 Å². The van der Waals surface area contributed by atoms with Gasteiger partial charge in [0.1, 0.15) is 10.8 Å². The Morgan fingerprint density at radius 3 is 2.59 bits per heavy atom. The Kier molecular flexibility index (Phi) is 9.72. The second-order valence-electron chi connectivity index (χ2n) is 8.51. The molecule has 6 nitrogen and oxygen atoms in total. The molecule has 0 aliphatic heterocycles. The summed E-state index contributed by atoms with van der Waals surface area (Å²) in [6.07, 6.45) is 5.06. The number of ether oxygens (including phenoxy) is 2. The third-order valence-electron chi connectivity index (χ3n) is 6.18. The molecule has 0 fully saturated rings. The fraction of sp³-hybridized carbons (Fsp3) is 0.481. The van der Waals surface area contributed by atoms with Crippen LogP contribution in [0.4, 0.5) is 0 Å². The number of rotatable bonds is 13. The lowest BCUT2D eigenvalue weighted by Crippen LogP contribution is -2.34. The number of carbonyl (C=O) groups excluding carboxylic acids is 1. The number of benzene rings is 1. The van der Waals surface area contributed by atoms with Crippen LogP contribution in [0.3, 0.4) is 0 Å². The summed E-state index contributed by atoms with van der Waals surface area (Å²) in [4.78, 5) is 18.2. The standard InChI is InChI=1S/C27H37N3O3S/c1-6-8-10-21(7-2)28-26(31)23-17-25(30(19(23)3)15-9-16-32-4)24-18-34-27(29-24)20-11-13-22(33-5)14-12-20/h11-14,17-18,21H,6-10,15-16H2,1-5H3,(H,28,31). The summed E-state index contributed by atoms with van der Waals surface area (Å²) >= 11 is 1.60. The van der Waals surface area contributed by atoms with E-state index in [4.69, 9.17) is 14.5 Å². The summed E-state index contributed by atoms with van der Waals surface area (Å²) in [5, 5.41) is 6.26. The molecule has 1 N–H and O–H groups in total. The maximum absolute atomic E-state index is 13.2. The van der Waals surface area contributed by atoms with Crippen LogP contribution in [0.5, 0.6) is 5.75 Å². The molecule has 0 aliphatic carbocycles. The SMILES string of the molecule is CCCCC(CC)NC(=O)c1cc(-c2csc(-c3ccc(OC)cc3)n2)n(CCCOC)c1C. The Balaban J connectivity index is 1.91. The van der Waals surface area contributed by atoms with Gasteiger partial charge in [0.05, 0.1) is 24.1 Å². The topological polar surface area (TPSA) is 65.4 Å². The number of carbonyl (C=O) groups is 1. The van der Waals surface area contributed by atoms with Gasteiger partial charge in [0.15, 0.2) is 0 Å². The van der Waals surface area contributed by atoms with Gasteiger partial charge in [-0.2, -0.15) is 0 Å². The molecule has 2 aromatic heterocycles. The van der Waals surface area contributed by atoms with Gasteiger partial charge in [0.25, 0.3) is 5.91 Å². The molecule has 34 heavy (non-hydrogen) atoms. The van der Waals surface area contributed by atoms with Gasteiger partial charge >= 0.3 is 0 Å². The Hall–Kier alpha value is -2.64. The van der Waals surface area contributed by atoms with Crippen LogP contribution in [-0.2, 0) is 11.3 Å². The molecule has 0 saturated carbocycles. The molecule has 3 aromatic rings. The van der Waals surface area contributed by atoms with Gasteiger partial charge in [-0.25, -0.2) is 4.98 Å².